The minimum absolute atomic E-state index is 0. The van der Waals surface area contributed by atoms with E-state index in [4.69, 9.17) is 14.8 Å². The Labute approximate surface area is 137 Å². The first-order valence-corrected chi connectivity index (χ1v) is 7.76. The van der Waals surface area contributed by atoms with Crippen LogP contribution in [-0.2, 0) is 20.2 Å². The third-order valence-electron chi connectivity index (χ3n) is 2.53. The minimum Gasteiger partial charge on any atom is -0.398 e. The summed E-state index contributed by atoms with van der Waals surface area (Å²) in [7, 11) is -8.94. The molecule has 1 radical (unpaired) electrons. The maximum atomic E-state index is 11.3. The van der Waals surface area contributed by atoms with Crippen LogP contribution in [0.15, 0.2) is 40.1 Å². The smallest absolute Gasteiger partial charge is 0.297 e. The van der Waals surface area contributed by atoms with Gasteiger partial charge in [-0.2, -0.15) is 16.8 Å². The number of nitrogens with two attached hydrogens (primary N) is 1. The molecular formula is C10H9NNaO6S2. The Bertz CT molecular complexity index is 876. The van der Waals surface area contributed by atoms with Crippen LogP contribution in [0.1, 0.15) is 0 Å². The van der Waals surface area contributed by atoms with Crippen molar-refractivity contribution in [3.8, 4) is 0 Å². The molecule has 0 amide bonds. The summed E-state index contributed by atoms with van der Waals surface area (Å²) in [6.07, 6.45) is 0. The summed E-state index contributed by atoms with van der Waals surface area (Å²) in [5.41, 5.74) is 5.33. The standard InChI is InChI=1S/C10H9NO6S2.Na/c11-9-4-1-6-5-7(18(12,13)14)2-3-8(6)10(9)19(15,16)17;/h1-5H,11H2,(H,12,13,14)(H,15,16,17);. The summed E-state index contributed by atoms with van der Waals surface area (Å²) < 4.78 is 62.5. The van der Waals surface area contributed by atoms with E-state index in [0.717, 1.165) is 18.2 Å². The molecule has 0 atom stereocenters. The summed E-state index contributed by atoms with van der Waals surface area (Å²) in [5.74, 6) is 0. The van der Waals surface area contributed by atoms with Crippen LogP contribution in [0.4, 0.5) is 5.69 Å². The predicted octanol–water partition coefficient (Wildman–Crippen LogP) is 0.535. The molecule has 0 aliphatic heterocycles. The average molecular weight is 326 g/mol. The van der Waals surface area contributed by atoms with Crippen molar-refractivity contribution in [2.24, 2.45) is 0 Å². The van der Waals surface area contributed by atoms with E-state index in [-0.39, 0.29) is 50.9 Å². The monoisotopic (exact) mass is 326 g/mol. The van der Waals surface area contributed by atoms with Crippen LogP contribution in [0.25, 0.3) is 10.8 Å². The summed E-state index contributed by atoms with van der Waals surface area (Å²) in [5, 5.41) is 0.270. The van der Waals surface area contributed by atoms with Crippen LogP contribution in [0, 0.1) is 0 Å². The maximum Gasteiger partial charge on any atom is 0.297 e. The number of rotatable bonds is 2. The van der Waals surface area contributed by atoms with Crippen LogP contribution < -0.4 is 5.73 Å². The topological polar surface area (TPSA) is 135 Å². The second kappa shape index (κ2) is 5.60. The van der Waals surface area contributed by atoms with E-state index >= 15 is 0 Å². The molecule has 4 N–H and O–H groups in total. The third-order valence-corrected chi connectivity index (χ3v) is 4.35. The van der Waals surface area contributed by atoms with Crippen molar-refractivity contribution in [2.45, 2.75) is 9.79 Å². The van der Waals surface area contributed by atoms with Gasteiger partial charge >= 0.3 is 0 Å². The molecule has 0 heterocycles. The SMILES string of the molecule is Nc1ccc2cc(S(=O)(=O)O)ccc2c1S(=O)(=O)O.[Na]. The molecule has 103 valence electrons. The van der Waals surface area contributed by atoms with Gasteiger partial charge in [-0.25, -0.2) is 0 Å². The van der Waals surface area contributed by atoms with E-state index in [2.05, 4.69) is 0 Å². The number of fused-ring (bicyclic) bond motifs is 1. The molecule has 0 fully saturated rings. The molecule has 0 saturated carbocycles. The second-order valence-corrected chi connectivity index (χ2v) is 6.60. The van der Waals surface area contributed by atoms with Gasteiger partial charge in [-0.3, -0.25) is 9.11 Å². The van der Waals surface area contributed by atoms with Gasteiger partial charge in [-0.1, -0.05) is 12.1 Å². The fourth-order valence-corrected chi connectivity index (χ4v) is 3.09. The Kier molecular flexibility index (Phi) is 4.87. The largest absolute Gasteiger partial charge is 0.398 e. The molecule has 0 unspecified atom stereocenters. The van der Waals surface area contributed by atoms with Gasteiger partial charge in [0.1, 0.15) is 4.90 Å². The van der Waals surface area contributed by atoms with E-state index in [0.29, 0.717) is 0 Å². The fourth-order valence-electron chi connectivity index (χ4n) is 1.74. The molecule has 0 spiro atoms. The van der Waals surface area contributed by atoms with Crippen molar-refractivity contribution in [1.82, 2.24) is 0 Å². The van der Waals surface area contributed by atoms with Crippen molar-refractivity contribution in [1.29, 1.82) is 0 Å². The molecular weight excluding hydrogens is 317 g/mol. The quantitative estimate of drug-likeness (QED) is 0.416. The molecule has 0 saturated heterocycles. The first-order valence-electron chi connectivity index (χ1n) is 4.88. The van der Waals surface area contributed by atoms with Crippen molar-refractivity contribution >= 4 is 66.3 Å². The van der Waals surface area contributed by atoms with Gasteiger partial charge in [-0.05, 0) is 23.6 Å². The number of nitrogen functional groups attached to an aromatic ring is 1. The van der Waals surface area contributed by atoms with Crippen molar-refractivity contribution < 1.29 is 25.9 Å². The maximum absolute atomic E-state index is 11.3. The third kappa shape index (κ3) is 3.31. The number of hydrogen-bond acceptors (Lipinski definition) is 5. The molecule has 2 rings (SSSR count). The molecule has 0 aromatic heterocycles. The molecule has 0 aliphatic carbocycles. The predicted molar refractivity (Wildman–Crippen MR) is 73.7 cm³/mol. The van der Waals surface area contributed by atoms with Crippen LogP contribution in [0.3, 0.4) is 0 Å². The van der Waals surface area contributed by atoms with Crippen molar-refractivity contribution in [3.05, 3.63) is 30.3 Å². The van der Waals surface area contributed by atoms with Crippen LogP contribution in [0.5, 0.6) is 0 Å². The van der Waals surface area contributed by atoms with E-state index in [1.54, 1.807) is 0 Å². The van der Waals surface area contributed by atoms with Gasteiger partial charge < -0.3 is 5.73 Å². The first kappa shape index (κ1) is 17.4. The van der Waals surface area contributed by atoms with Gasteiger partial charge in [0.05, 0.1) is 10.6 Å². The van der Waals surface area contributed by atoms with E-state index < -0.39 is 25.1 Å². The molecule has 0 bridgehead atoms. The fraction of sp³-hybridized carbons (Fsp3) is 0. The Morgan fingerprint density at radius 2 is 1.50 bits per heavy atom. The zero-order chi connectivity index (χ0) is 14.4. The number of benzene rings is 2. The normalized spacial score (nSPS) is 12.1. The molecule has 10 heteroatoms. The molecule has 20 heavy (non-hydrogen) atoms. The number of hydrogen-bond donors (Lipinski definition) is 3. The van der Waals surface area contributed by atoms with Crippen molar-refractivity contribution in [2.75, 3.05) is 5.73 Å². The molecule has 2 aromatic carbocycles. The van der Waals surface area contributed by atoms with Gasteiger partial charge in [0.25, 0.3) is 20.2 Å². The van der Waals surface area contributed by atoms with E-state index in [1.807, 2.05) is 0 Å². The Morgan fingerprint density at radius 3 is 2.00 bits per heavy atom. The number of anilines is 1. The molecule has 0 aliphatic rings. The summed E-state index contributed by atoms with van der Waals surface area (Å²) in [6, 6.07) is 5.86. The zero-order valence-electron chi connectivity index (χ0n) is 10.3. The van der Waals surface area contributed by atoms with Crippen LogP contribution >= 0.6 is 0 Å². The van der Waals surface area contributed by atoms with Crippen LogP contribution in [-0.4, -0.2) is 55.5 Å². The van der Waals surface area contributed by atoms with E-state index in [1.165, 1.54) is 12.1 Å². The van der Waals surface area contributed by atoms with Gasteiger partial charge in [0.15, 0.2) is 0 Å². The summed E-state index contributed by atoms with van der Waals surface area (Å²) in [6.45, 7) is 0. The molecule has 7 nitrogen and oxygen atoms in total. The van der Waals surface area contributed by atoms with Gasteiger partial charge in [0, 0.05) is 34.9 Å². The van der Waals surface area contributed by atoms with Crippen LogP contribution in [0.2, 0.25) is 0 Å². The van der Waals surface area contributed by atoms with Gasteiger partial charge in [-0.15, -0.1) is 0 Å². The average Bonchev–Trinajstić information content (AvgIpc) is 2.25. The minimum atomic E-state index is -4.55. The summed E-state index contributed by atoms with van der Waals surface area (Å²) in [4.78, 5) is -0.877. The summed E-state index contributed by atoms with van der Waals surface area (Å²) >= 11 is 0. The Balaban J connectivity index is 0.00000200. The Morgan fingerprint density at radius 1 is 0.900 bits per heavy atom. The Hall–Kier alpha value is -0.680. The van der Waals surface area contributed by atoms with Crippen molar-refractivity contribution in [3.63, 3.8) is 0 Å². The second-order valence-electron chi connectivity index (χ2n) is 3.82. The van der Waals surface area contributed by atoms with E-state index in [9.17, 15) is 16.8 Å². The molecule has 2 aromatic rings. The zero-order valence-corrected chi connectivity index (χ0v) is 13.9. The first-order chi connectivity index (χ1) is 8.60. The van der Waals surface area contributed by atoms with Gasteiger partial charge in [0.2, 0.25) is 0 Å².